The second-order valence-corrected chi connectivity index (χ2v) is 25.2. The first-order chi connectivity index (χ1) is 40.5. The van der Waals surface area contributed by atoms with E-state index in [0.29, 0.717) is 93.0 Å². The summed E-state index contributed by atoms with van der Waals surface area (Å²) in [6.45, 7) is 5.24. The average Bonchev–Trinajstić information content (AvgIpc) is 3.24. The van der Waals surface area contributed by atoms with Gasteiger partial charge in [-0.25, -0.2) is 39.7 Å². The average molecular weight is 1250 g/mol. The van der Waals surface area contributed by atoms with Crippen molar-refractivity contribution in [3.63, 3.8) is 0 Å². The Labute approximate surface area is 504 Å². The van der Waals surface area contributed by atoms with E-state index in [0.717, 1.165) is 0 Å². The number of carbonyl (C=O) groups is 7. The Morgan fingerprint density at radius 1 is 0.738 bits per heavy atom. The van der Waals surface area contributed by atoms with Crippen LogP contribution >= 0.6 is 68.0 Å². The zero-order chi connectivity index (χ0) is 59.6. The smallest absolute Gasteiger partial charge is 0.412 e. The number of hydrogen-bond acceptors (Lipinski definition) is 23. The number of thiazole rings is 6. The first-order valence-electron chi connectivity index (χ1n) is 26.3. The van der Waals surface area contributed by atoms with Crippen LogP contribution in [0.1, 0.15) is 138 Å². The van der Waals surface area contributed by atoms with E-state index in [1.807, 2.05) is 13.8 Å². The lowest BCUT2D eigenvalue weighted by atomic mass is 9.90. The van der Waals surface area contributed by atoms with Crippen molar-refractivity contribution in [3.05, 3.63) is 111 Å². The van der Waals surface area contributed by atoms with Gasteiger partial charge in [0.2, 0.25) is 11.8 Å². The van der Waals surface area contributed by atoms with Crippen molar-refractivity contribution in [2.75, 3.05) is 32.6 Å². The largest absolute Gasteiger partial charge is 0.481 e. The highest BCUT2D eigenvalue weighted by Crippen LogP contribution is 2.41. The summed E-state index contributed by atoms with van der Waals surface area (Å²) in [6.07, 6.45) is -0.672. The van der Waals surface area contributed by atoms with E-state index in [9.17, 15) is 38.7 Å². The number of ether oxygens (including phenoxy) is 2. The third kappa shape index (κ3) is 14.8. The van der Waals surface area contributed by atoms with Crippen molar-refractivity contribution in [2.45, 2.75) is 90.0 Å². The quantitative estimate of drug-likeness (QED) is 0.0470. The molecule has 438 valence electrons. The zero-order valence-electron chi connectivity index (χ0n) is 45.8. The number of nitrogens with one attached hydrogen (secondary N) is 5. The minimum Gasteiger partial charge on any atom is -0.481 e. The molecule has 84 heavy (non-hydrogen) atoms. The Bertz CT molecular complexity index is 3700. The number of aliphatic carboxylic acids is 1. The fourth-order valence-corrected chi connectivity index (χ4v) is 14.3. The molecule has 8 aromatic rings. The van der Waals surface area contributed by atoms with Crippen LogP contribution in [-0.4, -0.2) is 114 Å². The molecule has 7 aromatic heterocycles. The summed E-state index contributed by atoms with van der Waals surface area (Å²) in [7, 11) is 2.96. The highest BCUT2D eigenvalue weighted by atomic mass is 32.1. The topological polar surface area (TPSA) is 329 Å². The van der Waals surface area contributed by atoms with Crippen LogP contribution in [0.25, 0.3) is 43.4 Å². The molecule has 5 amide bonds. The molecule has 7 N–H and O–H groups in total. The lowest BCUT2D eigenvalue weighted by Crippen LogP contribution is -2.40. The van der Waals surface area contributed by atoms with Gasteiger partial charge in [-0.2, -0.15) is 0 Å². The third-order valence-electron chi connectivity index (χ3n) is 13.1. The number of ketones is 1. The number of carboxylic acids is 1. The van der Waals surface area contributed by atoms with Crippen molar-refractivity contribution in [2.24, 2.45) is 5.92 Å². The number of aryl methyl sites for hydroxylation is 1. The van der Waals surface area contributed by atoms with Crippen LogP contribution < -0.4 is 26.6 Å². The number of aromatic nitrogens is 7. The number of amides is 5. The molecule has 0 spiro atoms. The van der Waals surface area contributed by atoms with Crippen molar-refractivity contribution in [1.29, 1.82) is 0 Å². The van der Waals surface area contributed by atoms with Crippen molar-refractivity contribution in [1.82, 2.24) is 56.2 Å². The molecular formula is C55H56N12O11S6. The number of rotatable bonds is 15. The summed E-state index contributed by atoms with van der Waals surface area (Å²) in [5.41, 5.74) is 2.81. The van der Waals surface area contributed by atoms with Crippen molar-refractivity contribution in [3.8, 4) is 43.4 Å². The lowest BCUT2D eigenvalue weighted by molar-refractivity contribution is -0.137. The molecule has 0 saturated heterocycles. The molecule has 10 bridgehead atoms. The minimum absolute atomic E-state index is 0.0259. The van der Waals surface area contributed by atoms with E-state index in [-0.39, 0.29) is 73.0 Å². The normalized spacial score (nSPS) is 16.3. The molecule has 9 rings (SSSR count). The number of pyridine rings is 1. The van der Waals surface area contributed by atoms with Crippen LogP contribution in [-0.2, 0) is 30.5 Å². The number of benzene rings is 1. The van der Waals surface area contributed by atoms with Gasteiger partial charge in [-0.05, 0) is 49.8 Å². The van der Waals surface area contributed by atoms with Crippen LogP contribution in [0.15, 0.2) is 64.0 Å². The van der Waals surface area contributed by atoms with E-state index < -0.39 is 60.4 Å². The van der Waals surface area contributed by atoms with Crippen LogP contribution in [0.3, 0.4) is 0 Å². The first kappa shape index (κ1) is 60.9. The molecule has 0 unspecified atom stereocenters. The zero-order valence-corrected chi connectivity index (χ0v) is 50.6. The van der Waals surface area contributed by atoms with E-state index in [1.54, 1.807) is 70.9 Å². The number of methoxy groups -OCH3 is 1. The van der Waals surface area contributed by atoms with Gasteiger partial charge in [0, 0.05) is 64.9 Å². The number of carbonyl (C=O) groups excluding carboxylic acids is 6. The fourth-order valence-electron chi connectivity index (χ4n) is 8.76. The van der Waals surface area contributed by atoms with Gasteiger partial charge in [-0.1, -0.05) is 44.2 Å². The standard InChI is InChI=1S/C55H56N12O11S6/c1-26(2)30-18-36(68)42-27(3)83-53(66-42)32(19-39(69)56-4)59-47(74)34-23-79-49(61-34)29-15-16-31(51-63-38(25-82-51)64-55(76)78-17-11-7-10-14-41(71)72)58-43(29)33-22-80-52(60-33)35-24-81-54(62-35)45(46(73)28-12-8-6-9-13-28)65-40(70)20-57-48(75)44-37(21-77-5)84-50(30)67-44/h6,8-9,12-13,15-16,22-26,30,32,45-46,73H,7,10-11,14,17-21H2,1-5H3,(H,56,69)(H,57,75)(H,59,74)(H,64,76)(H,65,70)(H,71,72)/t30-,32+,45+,46+/m1/s1. The number of hydrogen-bond donors (Lipinski definition) is 7. The van der Waals surface area contributed by atoms with Crippen LogP contribution in [0.4, 0.5) is 10.6 Å². The summed E-state index contributed by atoms with van der Waals surface area (Å²) in [5.74, 6) is -3.88. The molecular weight excluding hydrogens is 1200 g/mol. The predicted molar refractivity (Wildman–Crippen MR) is 319 cm³/mol. The van der Waals surface area contributed by atoms with E-state index in [2.05, 4.69) is 31.6 Å². The fraction of sp³-hybridized carbons (Fsp3) is 0.345. The Kier molecular flexibility index (Phi) is 20.2. The van der Waals surface area contributed by atoms with Crippen LogP contribution in [0, 0.1) is 12.8 Å². The Hall–Kier alpha value is -7.64. The maximum atomic E-state index is 14.3. The molecule has 0 aliphatic carbocycles. The second-order valence-electron chi connectivity index (χ2n) is 19.4. The number of anilines is 1. The third-order valence-corrected chi connectivity index (χ3v) is 18.9. The van der Waals surface area contributed by atoms with Gasteiger partial charge in [0.05, 0.1) is 47.8 Å². The number of aliphatic hydroxyl groups excluding tert-OH is 1. The van der Waals surface area contributed by atoms with E-state index in [1.165, 1.54) is 82.2 Å². The van der Waals surface area contributed by atoms with Crippen LogP contribution in [0.5, 0.6) is 0 Å². The van der Waals surface area contributed by atoms with Crippen LogP contribution in [0.2, 0.25) is 0 Å². The number of aliphatic hydroxyl groups is 1. The molecule has 4 atom stereocenters. The number of unbranched alkanes of at least 4 members (excludes halogenated alkanes) is 2. The van der Waals surface area contributed by atoms with Crippen molar-refractivity contribution < 1.29 is 53.2 Å². The second kappa shape index (κ2) is 27.8. The summed E-state index contributed by atoms with van der Waals surface area (Å²) in [5, 5.41) is 43.7. The number of nitrogens with zero attached hydrogens (tertiary/aromatic N) is 7. The van der Waals surface area contributed by atoms with Gasteiger partial charge in [0.15, 0.2) is 5.78 Å². The molecule has 0 saturated carbocycles. The molecule has 1 aliphatic heterocycles. The SMILES string of the molecule is CNC(=O)C[C@@H]1NC(=O)c2csc(n2)-c2ccc(-c3nc(NC(=O)OCCCCCC(=O)O)cs3)nc2-c2csc(n2)-c2csc(n2)[C@H]([C@@H](O)c2ccccc2)NC(=O)CNC(=O)c2nc(sc2COC)[C@@H](C(C)C)CC(=O)c2nc1sc2C. The van der Waals surface area contributed by atoms with Gasteiger partial charge in [-0.15, -0.1) is 68.0 Å². The number of carboxylic acid groups (broad SMARTS) is 1. The van der Waals surface area contributed by atoms with Gasteiger partial charge < -0.3 is 41.0 Å². The Morgan fingerprint density at radius 3 is 2.23 bits per heavy atom. The maximum absolute atomic E-state index is 14.3. The van der Waals surface area contributed by atoms with E-state index >= 15 is 0 Å². The van der Waals surface area contributed by atoms with Gasteiger partial charge in [0.1, 0.15) is 77.2 Å². The lowest BCUT2D eigenvalue weighted by Gasteiger charge is -2.23. The molecule has 23 nitrogen and oxygen atoms in total. The molecule has 1 aliphatic rings. The number of Topliss-reactive ketones (excluding diaryl/α,β-unsaturated/α-hetero) is 1. The highest BCUT2D eigenvalue weighted by Gasteiger charge is 2.33. The van der Waals surface area contributed by atoms with E-state index in [4.69, 9.17) is 44.5 Å². The number of fused-ring (bicyclic) bond motifs is 14. The first-order valence-corrected chi connectivity index (χ1v) is 31.4. The maximum Gasteiger partial charge on any atom is 0.412 e. The highest BCUT2D eigenvalue weighted by molar-refractivity contribution is 7.15. The summed E-state index contributed by atoms with van der Waals surface area (Å²) in [4.78, 5) is 128. The minimum atomic E-state index is -1.28. The van der Waals surface area contributed by atoms with Gasteiger partial charge in [-0.3, -0.25) is 34.1 Å². The molecule has 0 fully saturated rings. The van der Waals surface area contributed by atoms with Crippen molar-refractivity contribution >= 4 is 115 Å². The Morgan fingerprint density at radius 2 is 1.46 bits per heavy atom. The van der Waals surface area contributed by atoms with Gasteiger partial charge in [0.25, 0.3) is 11.8 Å². The Balaban J connectivity index is 1.09. The summed E-state index contributed by atoms with van der Waals surface area (Å²) >= 11 is 7.23. The molecule has 29 heteroatoms. The summed E-state index contributed by atoms with van der Waals surface area (Å²) in [6, 6.07) is 10.2. The molecule has 8 heterocycles. The molecule has 1 aromatic carbocycles. The monoisotopic (exact) mass is 1250 g/mol. The summed E-state index contributed by atoms with van der Waals surface area (Å²) < 4.78 is 10.8. The molecule has 0 radical (unpaired) electrons. The predicted octanol–water partition coefficient (Wildman–Crippen LogP) is 9.39. The van der Waals surface area contributed by atoms with Gasteiger partial charge >= 0.3 is 12.1 Å².